The molecule has 3 rings (SSSR count). The Morgan fingerprint density at radius 3 is 2.82 bits per heavy atom. The molecule has 1 fully saturated rings. The number of benzene rings is 1. The number of amides is 2. The predicted molar refractivity (Wildman–Crippen MR) is 113 cm³/mol. The zero-order valence-electron chi connectivity index (χ0n) is 15.5. The highest BCUT2D eigenvalue weighted by Gasteiger charge is 2.26. The molecule has 1 aromatic carbocycles. The van der Waals surface area contributed by atoms with Gasteiger partial charge in [-0.2, -0.15) is 0 Å². The first kappa shape index (κ1) is 21.1. The molecule has 1 aromatic heterocycles. The largest absolute Gasteiger partial charge is 0.369 e. The molecule has 10 heteroatoms. The highest BCUT2D eigenvalue weighted by molar-refractivity contribution is 8.04. The Kier molecular flexibility index (Phi) is 7.72. The van der Waals surface area contributed by atoms with Crippen molar-refractivity contribution in [3.63, 3.8) is 0 Å². The Morgan fingerprint density at radius 2 is 2.07 bits per heavy atom. The number of primary amides is 1. The zero-order chi connectivity index (χ0) is 19.9. The topological polar surface area (TPSA) is 101 Å². The number of likely N-dealkylation sites (tertiary alicyclic amines) is 1. The Bertz CT molecular complexity index is 802. The smallest absolute Gasteiger partial charge is 0.233 e. The van der Waals surface area contributed by atoms with Crippen molar-refractivity contribution in [3.8, 4) is 0 Å². The quantitative estimate of drug-likeness (QED) is 0.579. The van der Waals surface area contributed by atoms with Gasteiger partial charge in [-0.05, 0) is 18.9 Å². The van der Waals surface area contributed by atoms with Gasteiger partial charge in [0.25, 0.3) is 0 Å². The van der Waals surface area contributed by atoms with E-state index in [2.05, 4.69) is 44.7 Å². The van der Waals surface area contributed by atoms with Gasteiger partial charge in [-0.15, -0.1) is 10.2 Å². The van der Waals surface area contributed by atoms with Crippen molar-refractivity contribution in [1.29, 1.82) is 0 Å². The van der Waals surface area contributed by atoms with E-state index in [9.17, 15) is 9.59 Å². The SMILES string of the molecule is C[C@@H](Sc1nnc(SCC(N)=O)s1)C(=O)N[C@@H]1CCN(Cc2ccccc2)C1. The maximum absolute atomic E-state index is 12.5. The summed E-state index contributed by atoms with van der Waals surface area (Å²) in [5, 5.41) is 11.0. The Morgan fingerprint density at radius 1 is 1.32 bits per heavy atom. The summed E-state index contributed by atoms with van der Waals surface area (Å²) in [7, 11) is 0. The summed E-state index contributed by atoms with van der Waals surface area (Å²) in [6, 6.07) is 10.6. The molecular formula is C18H23N5O2S3. The molecule has 0 saturated carbocycles. The van der Waals surface area contributed by atoms with E-state index in [0.717, 1.165) is 26.1 Å². The van der Waals surface area contributed by atoms with Gasteiger partial charge >= 0.3 is 0 Å². The number of carbonyl (C=O) groups is 2. The maximum Gasteiger partial charge on any atom is 0.233 e. The fourth-order valence-electron chi connectivity index (χ4n) is 2.89. The van der Waals surface area contributed by atoms with Crippen LogP contribution in [0.1, 0.15) is 18.9 Å². The second-order valence-corrected chi connectivity index (χ2v) is 10.4. The summed E-state index contributed by atoms with van der Waals surface area (Å²) >= 11 is 4.02. The van der Waals surface area contributed by atoms with E-state index in [1.807, 2.05) is 13.0 Å². The van der Waals surface area contributed by atoms with Crippen LogP contribution in [0.5, 0.6) is 0 Å². The third-order valence-electron chi connectivity index (χ3n) is 4.24. The summed E-state index contributed by atoms with van der Waals surface area (Å²) in [6.45, 7) is 4.63. The van der Waals surface area contributed by atoms with Crippen LogP contribution in [0.15, 0.2) is 39.0 Å². The molecule has 2 heterocycles. The molecule has 1 aliphatic rings. The van der Waals surface area contributed by atoms with Gasteiger partial charge in [0.2, 0.25) is 11.8 Å². The van der Waals surface area contributed by atoms with Crippen molar-refractivity contribution in [2.24, 2.45) is 5.73 Å². The van der Waals surface area contributed by atoms with Gasteiger partial charge in [0.1, 0.15) is 0 Å². The van der Waals surface area contributed by atoms with Crippen LogP contribution < -0.4 is 11.1 Å². The van der Waals surface area contributed by atoms with Crippen LogP contribution in [-0.4, -0.2) is 57.0 Å². The molecule has 0 radical (unpaired) electrons. The van der Waals surface area contributed by atoms with Gasteiger partial charge in [0, 0.05) is 25.7 Å². The number of nitrogens with one attached hydrogen (secondary N) is 1. The lowest BCUT2D eigenvalue weighted by atomic mass is 10.2. The summed E-state index contributed by atoms with van der Waals surface area (Å²) in [5.74, 6) is -0.200. The molecular weight excluding hydrogens is 414 g/mol. The highest BCUT2D eigenvalue weighted by atomic mass is 32.2. The molecule has 2 atom stereocenters. The lowest BCUT2D eigenvalue weighted by molar-refractivity contribution is -0.121. The first-order valence-electron chi connectivity index (χ1n) is 8.97. The molecule has 0 aliphatic carbocycles. The standard InChI is InChI=1S/C18H23N5O2S3/c1-12(27-18-22-21-17(28-18)26-11-15(19)24)16(25)20-14-7-8-23(10-14)9-13-5-3-2-4-6-13/h2-6,12,14H,7-11H2,1H3,(H2,19,24)(H,20,25)/t12-,14-/m1/s1. The number of hydrogen-bond acceptors (Lipinski definition) is 8. The minimum Gasteiger partial charge on any atom is -0.369 e. The third kappa shape index (κ3) is 6.47. The molecule has 2 aromatic rings. The summed E-state index contributed by atoms with van der Waals surface area (Å²) in [6.07, 6.45) is 0.961. The summed E-state index contributed by atoms with van der Waals surface area (Å²) in [5.41, 5.74) is 6.42. The van der Waals surface area contributed by atoms with Gasteiger partial charge in [-0.3, -0.25) is 14.5 Å². The van der Waals surface area contributed by atoms with E-state index in [-0.39, 0.29) is 28.9 Å². The molecule has 1 saturated heterocycles. The first-order chi connectivity index (χ1) is 13.5. The second-order valence-electron chi connectivity index (χ2n) is 6.56. The normalized spacial score (nSPS) is 18.1. The van der Waals surface area contributed by atoms with E-state index in [0.29, 0.717) is 8.68 Å². The Hall–Kier alpha value is -1.62. The zero-order valence-corrected chi connectivity index (χ0v) is 18.0. The Labute approximate surface area is 176 Å². The molecule has 150 valence electrons. The van der Waals surface area contributed by atoms with E-state index >= 15 is 0 Å². The summed E-state index contributed by atoms with van der Waals surface area (Å²) < 4.78 is 1.40. The van der Waals surface area contributed by atoms with Gasteiger partial charge in [0.15, 0.2) is 8.68 Å². The minimum absolute atomic E-state index is 0.0121. The molecule has 0 bridgehead atoms. The molecule has 2 amide bonds. The van der Waals surface area contributed by atoms with Crippen molar-refractivity contribution in [1.82, 2.24) is 20.4 Å². The first-order valence-corrected chi connectivity index (χ1v) is 11.7. The van der Waals surface area contributed by atoms with Gasteiger partial charge in [0.05, 0.1) is 11.0 Å². The van der Waals surface area contributed by atoms with Crippen LogP contribution >= 0.6 is 34.9 Å². The molecule has 0 spiro atoms. The van der Waals surface area contributed by atoms with E-state index in [1.165, 1.54) is 40.4 Å². The number of nitrogens with zero attached hydrogens (tertiary/aromatic N) is 3. The molecule has 3 N–H and O–H groups in total. The summed E-state index contributed by atoms with van der Waals surface area (Å²) in [4.78, 5) is 25.7. The van der Waals surface area contributed by atoms with Gasteiger partial charge < -0.3 is 11.1 Å². The predicted octanol–water partition coefficient (Wildman–Crippen LogP) is 1.99. The fraction of sp³-hybridized carbons (Fsp3) is 0.444. The van der Waals surface area contributed by atoms with Crippen LogP contribution in [0, 0.1) is 0 Å². The van der Waals surface area contributed by atoms with Crippen molar-refractivity contribution < 1.29 is 9.59 Å². The Balaban J connectivity index is 1.42. The van der Waals surface area contributed by atoms with Crippen LogP contribution in [0.4, 0.5) is 0 Å². The van der Waals surface area contributed by atoms with Crippen LogP contribution in [0.25, 0.3) is 0 Å². The maximum atomic E-state index is 12.5. The average molecular weight is 438 g/mol. The molecule has 7 nitrogen and oxygen atoms in total. The van der Waals surface area contributed by atoms with Gasteiger partial charge in [-0.1, -0.05) is 65.2 Å². The van der Waals surface area contributed by atoms with E-state index in [4.69, 9.17) is 5.73 Å². The molecule has 0 unspecified atom stereocenters. The van der Waals surface area contributed by atoms with Crippen molar-refractivity contribution in [2.75, 3.05) is 18.8 Å². The number of carbonyl (C=O) groups excluding carboxylic acids is 2. The molecule has 28 heavy (non-hydrogen) atoms. The van der Waals surface area contributed by atoms with Crippen molar-refractivity contribution in [3.05, 3.63) is 35.9 Å². The fourth-order valence-corrected chi connectivity index (χ4v) is 5.81. The van der Waals surface area contributed by atoms with Crippen LogP contribution in [-0.2, 0) is 16.1 Å². The minimum atomic E-state index is -0.389. The number of thioether (sulfide) groups is 2. The lowest BCUT2D eigenvalue weighted by Crippen LogP contribution is -2.40. The van der Waals surface area contributed by atoms with Crippen molar-refractivity contribution in [2.45, 2.75) is 39.9 Å². The monoisotopic (exact) mass is 437 g/mol. The van der Waals surface area contributed by atoms with E-state index < -0.39 is 0 Å². The lowest BCUT2D eigenvalue weighted by Gasteiger charge is -2.18. The van der Waals surface area contributed by atoms with Crippen LogP contribution in [0.2, 0.25) is 0 Å². The third-order valence-corrected chi connectivity index (χ3v) is 7.50. The number of nitrogens with two attached hydrogens (primary N) is 1. The van der Waals surface area contributed by atoms with Crippen LogP contribution in [0.3, 0.4) is 0 Å². The highest BCUT2D eigenvalue weighted by Crippen LogP contribution is 2.31. The average Bonchev–Trinajstić information content (AvgIpc) is 3.30. The van der Waals surface area contributed by atoms with Crippen molar-refractivity contribution >= 4 is 46.7 Å². The van der Waals surface area contributed by atoms with Gasteiger partial charge in [-0.25, -0.2) is 0 Å². The van der Waals surface area contributed by atoms with E-state index in [1.54, 1.807) is 0 Å². The molecule has 1 aliphatic heterocycles. The second kappa shape index (κ2) is 10.2. The number of rotatable bonds is 9. The number of aromatic nitrogens is 2. The number of hydrogen-bond donors (Lipinski definition) is 2.